The van der Waals surface area contributed by atoms with Gasteiger partial charge in [0, 0.05) is 10.5 Å². The van der Waals surface area contributed by atoms with Crippen LogP contribution in [0.1, 0.15) is 25.3 Å². The van der Waals surface area contributed by atoms with E-state index in [1.54, 1.807) is 11.8 Å². The second-order valence-corrected chi connectivity index (χ2v) is 6.22. The first-order chi connectivity index (χ1) is 11.6. The molecule has 0 bridgehead atoms. The van der Waals surface area contributed by atoms with Crippen LogP contribution in [0.3, 0.4) is 0 Å². The van der Waals surface area contributed by atoms with E-state index in [4.69, 9.17) is 20.9 Å². The number of ether oxygens (including phenoxy) is 2. The molecule has 0 saturated heterocycles. The molecular formula is C17H18N4O2S. The zero-order valence-corrected chi connectivity index (χ0v) is 14.3. The van der Waals surface area contributed by atoms with Crippen molar-refractivity contribution in [1.29, 1.82) is 10.5 Å². The number of allylic oxidation sites excluding steroid dienone is 2. The van der Waals surface area contributed by atoms with Gasteiger partial charge in [-0.15, -0.1) is 11.8 Å². The summed E-state index contributed by atoms with van der Waals surface area (Å²) in [6, 6.07) is 9.72. The third-order valence-electron chi connectivity index (χ3n) is 3.48. The molecule has 0 radical (unpaired) electrons. The molecule has 0 unspecified atom stereocenters. The second-order valence-electron chi connectivity index (χ2n) is 4.88. The van der Waals surface area contributed by atoms with Crippen molar-refractivity contribution in [3.05, 3.63) is 46.7 Å². The number of nitriles is 2. The lowest BCUT2D eigenvalue weighted by atomic mass is 9.84. The minimum absolute atomic E-state index is 0.0894. The number of nitrogens with two attached hydrogens (primary N) is 2. The molecule has 1 aromatic carbocycles. The van der Waals surface area contributed by atoms with E-state index >= 15 is 0 Å². The van der Waals surface area contributed by atoms with Crippen molar-refractivity contribution in [3.63, 3.8) is 0 Å². The van der Waals surface area contributed by atoms with Gasteiger partial charge in [-0.05, 0) is 24.8 Å². The van der Waals surface area contributed by atoms with Gasteiger partial charge in [0.15, 0.2) is 0 Å². The van der Waals surface area contributed by atoms with Crippen LogP contribution in [0.2, 0.25) is 0 Å². The van der Waals surface area contributed by atoms with Crippen molar-refractivity contribution in [2.45, 2.75) is 24.7 Å². The number of benzene rings is 1. The summed E-state index contributed by atoms with van der Waals surface area (Å²) in [5.74, 6) is 0.649. The highest BCUT2D eigenvalue weighted by Crippen LogP contribution is 2.42. The number of hydrogen-bond acceptors (Lipinski definition) is 7. The molecule has 1 aromatic rings. The summed E-state index contributed by atoms with van der Waals surface area (Å²) in [6.07, 6.45) is 0. The predicted octanol–water partition coefficient (Wildman–Crippen LogP) is 2.70. The summed E-state index contributed by atoms with van der Waals surface area (Å²) in [7, 11) is 0. The molecule has 24 heavy (non-hydrogen) atoms. The molecule has 4 N–H and O–H groups in total. The van der Waals surface area contributed by atoms with Gasteiger partial charge < -0.3 is 20.9 Å². The fourth-order valence-electron chi connectivity index (χ4n) is 2.50. The predicted molar refractivity (Wildman–Crippen MR) is 91.5 cm³/mol. The molecular weight excluding hydrogens is 324 g/mol. The van der Waals surface area contributed by atoms with Crippen LogP contribution in [0.5, 0.6) is 5.75 Å². The highest BCUT2D eigenvalue weighted by molar-refractivity contribution is 7.99. The van der Waals surface area contributed by atoms with E-state index in [1.165, 1.54) is 0 Å². The van der Waals surface area contributed by atoms with Crippen LogP contribution in [-0.4, -0.2) is 12.4 Å². The summed E-state index contributed by atoms with van der Waals surface area (Å²) >= 11 is 1.68. The van der Waals surface area contributed by atoms with Crippen LogP contribution in [0.15, 0.2) is 46.0 Å². The van der Waals surface area contributed by atoms with Crippen molar-refractivity contribution in [2.75, 3.05) is 12.4 Å². The standard InChI is InChI=1S/C17H18N4O2S/c1-3-22-14-7-10(24-4-2)5-6-11(14)15-12(8-18)16(20)23-17(21)13(15)9-19/h5-7,15H,3-4,20-21H2,1-2H3. The lowest BCUT2D eigenvalue weighted by molar-refractivity contribution is 0.276. The van der Waals surface area contributed by atoms with Crippen molar-refractivity contribution in [1.82, 2.24) is 0 Å². The molecule has 0 amide bonds. The Balaban J connectivity index is 2.64. The average Bonchev–Trinajstić information content (AvgIpc) is 2.55. The number of rotatable bonds is 5. The quantitative estimate of drug-likeness (QED) is 0.790. The van der Waals surface area contributed by atoms with E-state index in [0.29, 0.717) is 17.9 Å². The van der Waals surface area contributed by atoms with Gasteiger partial charge in [-0.3, -0.25) is 0 Å². The Labute approximate surface area is 145 Å². The molecule has 1 aliphatic heterocycles. The third kappa shape index (κ3) is 3.27. The van der Waals surface area contributed by atoms with Crippen molar-refractivity contribution >= 4 is 11.8 Å². The Morgan fingerprint density at radius 1 is 1.17 bits per heavy atom. The minimum Gasteiger partial charge on any atom is -0.494 e. The van der Waals surface area contributed by atoms with Gasteiger partial charge in [0.1, 0.15) is 29.0 Å². The fourth-order valence-corrected chi connectivity index (χ4v) is 3.19. The lowest BCUT2D eigenvalue weighted by Gasteiger charge is -2.25. The maximum atomic E-state index is 9.47. The Morgan fingerprint density at radius 2 is 1.79 bits per heavy atom. The highest BCUT2D eigenvalue weighted by atomic mass is 32.2. The number of thioether (sulfide) groups is 1. The van der Waals surface area contributed by atoms with Crippen LogP contribution < -0.4 is 16.2 Å². The molecule has 0 atom stereocenters. The summed E-state index contributed by atoms with van der Waals surface area (Å²) < 4.78 is 10.9. The van der Waals surface area contributed by atoms with Gasteiger partial charge in [-0.2, -0.15) is 10.5 Å². The molecule has 1 aliphatic rings. The van der Waals surface area contributed by atoms with Gasteiger partial charge in [-0.1, -0.05) is 13.0 Å². The first-order valence-electron chi connectivity index (χ1n) is 7.44. The minimum atomic E-state index is -0.698. The molecule has 0 aromatic heterocycles. The Hall–Kier alpha value is -2.77. The third-order valence-corrected chi connectivity index (χ3v) is 4.35. The van der Waals surface area contributed by atoms with Crippen molar-refractivity contribution in [3.8, 4) is 17.9 Å². The normalized spacial score (nSPS) is 14.8. The Bertz CT molecular complexity index is 751. The van der Waals surface area contributed by atoms with E-state index in [9.17, 15) is 10.5 Å². The molecule has 0 fully saturated rings. The lowest BCUT2D eigenvalue weighted by Crippen LogP contribution is -2.24. The van der Waals surface area contributed by atoms with Crippen LogP contribution in [0.4, 0.5) is 0 Å². The van der Waals surface area contributed by atoms with Gasteiger partial charge in [0.25, 0.3) is 0 Å². The zero-order valence-electron chi connectivity index (χ0n) is 13.5. The largest absolute Gasteiger partial charge is 0.494 e. The number of hydrogen-bond donors (Lipinski definition) is 2. The Kier molecular flexibility index (Phi) is 5.62. The average molecular weight is 342 g/mol. The molecule has 0 saturated carbocycles. The topological polar surface area (TPSA) is 118 Å². The van der Waals surface area contributed by atoms with E-state index in [0.717, 1.165) is 10.6 Å². The summed E-state index contributed by atoms with van der Waals surface area (Å²) in [4.78, 5) is 1.04. The van der Waals surface area contributed by atoms with E-state index in [-0.39, 0.29) is 22.9 Å². The first-order valence-corrected chi connectivity index (χ1v) is 8.42. The monoisotopic (exact) mass is 342 g/mol. The maximum Gasteiger partial charge on any atom is 0.207 e. The summed E-state index contributed by atoms with van der Waals surface area (Å²) in [5.41, 5.74) is 12.6. The van der Waals surface area contributed by atoms with Crippen LogP contribution in [0, 0.1) is 22.7 Å². The molecule has 7 heteroatoms. The van der Waals surface area contributed by atoms with Crippen LogP contribution in [-0.2, 0) is 4.74 Å². The maximum absolute atomic E-state index is 9.47. The highest BCUT2D eigenvalue weighted by Gasteiger charge is 2.34. The Morgan fingerprint density at radius 3 is 2.29 bits per heavy atom. The molecule has 0 spiro atoms. The molecule has 6 nitrogen and oxygen atoms in total. The molecule has 0 aliphatic carbocycles. The summed E-state index contributed by atoms with van der Waals surface area (Å²) in [6.45, 7) is 4.39. The first kappa shape index (κ1) is 17.6. The van der Waals surface area contributed by atoms with Crippen LogP contribution in [0.25, 0.3) is 0 Å². The summed E-state index contributed by atoms with van der Waals surface area (Å²) in [5, 5.41) is 18.9. The smallest absolute Gasteiger partial charge is 0.207 e. The second kappa shape index (κ2) is 7.67. The van der Waals surface area contributed by atoms with E-state index in [2.05, 4.69) is 6.92 Å². The van der Waals surface area contributed by atoms with Gasteiger partial charge in [0.2, 0.25) is 11.8 Å². The van der Waals surface area contributed by atoms with Gasteiger partial charge in [0.05, 0.1) is 12.5 Å². The molecule has 2 rings (SSSR count). The zero-order chi connectivity index (χ0) is 17.7. The number of nitrogens with zero attached hydrogens (tertiary/aromatic N) is 2. The fraction of sp³-hybridized carbons (Fsp3) is 0.294. The van der Waals surface area contributed by atoms with Crippen LogP contribution >= 0.6 is 11.8 Å². The van der Waals surface area contributed by atoms with E-state index < -0.39 is 5.92 Å². The van der Waals surface area contributed by atoms with Crippen molar-refractivity contribution < 1.29 is 9.47 Å². The molecule has 124 valence electrons. The molecule has 1 heterocycles. The van der Waals surface area contributed by atoms with Gasteiger partial charge in [-0.25, -0.2) is 0 Å². The van der Waals surface area contributed by atoms with E-state index in [1.807, 2.05) is 37.3 Å². The SMILES string of the molecule is CCOc1cc(SCC)ccc1C1C(C#N)=C(N)OC(N)=C1C#N. The van der Waals surface area contributed by atoms with Gasteiger partial charge >= 0.3 is 0 Å². The van der Waals surface area contributed by atoms with Crippen molar-refractivity contribution in [2.24, 2.45) is 11.5 Å².